The molecule has 1 aliphatic carbocycles. The Hall–Kier alpha value is -0.570. The summed E-state index contributed by atoms with van der Waals surface area (Å²) in [7, 11) is 0. The molecule has 1 N–H and O–H groups in total. The molecule has 0 radical (unpaired) electrons. The van der Waals surface area contributed by atoms with Crippen molar-refractivity contribution in [2.24, 2.45) is 11.8 Å². The molecule has 0 heterocycles. The van der Waals surface area contributed by atoms with Crippen LogP contribution in [0.25, 0.3) is 0 Å². The first-order valence-corrected chi connectivity index (χ1v) is 7.54. The van der Waals surface area contributed by atoms with Gasteiger partial charge in [0.2, 0.25) is 5.91 Å². The summed E-state index contributed by atoms with van der Waals surface area (Å²) < 4.78 is 0. The third-order valence-corrected chi connectivity index (χ3v) is 4.53. The van der Waals surface area contributed by atoms with Crippen molar-refractivity contribution in [3.05, 3.63) is 0 Å². The van der Waals surface area contributed by atoms with E-state index in [1.54, 1.807) is 0 Å². The van der Waals surface area contributed by atoms with Crippen LogP contribution < -0.4 is 5.32 Å². The Morgan fingerprint density at radius 3 is 2.33 bits per heavy atom. The quantitative estimate of drug-likeness (QED) is 0.818. The molecule has 1 aliphatic rings. The van der Waals surface area contributed by atoms with Gasteiger partial charge in [0.25, 0.3) is 0 Å². The van der Waals surface area contributed by atoms with E-state index < -0.39 is 0 Å². The molecule has 0 bridgehead atoms. The predicted octanol–water partition coefficient (Wildman–Crippen LogP) is 2.66. The summed E-state index contributed by atoms with van der Waals surface area (Å²) in [5, 5.41) is 3.53. The van der Waals surface area contributed by atoms with Gasteiger partial charge in [0.05, 0.1) is 6.04 Å². The lowest BCUT2D eigenvalue weighted by molar-refractivity contribution is -0.133. The van der Waals surface area contributed by atoms with Crippen molar-refractivity contribution in [3.8, 4) is 0 Å². The molecule has 1 fully saturated rings. The Kier molecular flexibility index (Phi) is 6.13. The highest BCUT2D eigenvalue weighted by molar-refractivity contribution is 5.81. The van der Waals surface area contributed by atoms with Crippen LogP contribution in [-0.2, 0) is 4.79 Å². The summed E-state index contributed by atoms with van der Waals surface area (Å²) in [6.07, 6.45) is 3.70. The van der Waals surface area contributed by atoms with Gasteiger partial charge in [-0.05, 0) is 51.9 Å². The van der Waals surface area contributed by atoms with E-state index in [2.05, 4.69) is 19.2 Å². The summed E-state index contributed by atoms with van der Waals surface area (Å²) in [6, 6.07) is 0.473. The molecule has 4 atom stereocenters. The van der Waals surface area contributed by atoms with Gasteiger partial charge in [0, 0.05) is 19.1 Å². The van der Waals surface area contributed by atoms with Crippen LogP contribution in [0.1, 0.15) is 53.9 Å². The number of nitrogens with one attached hydrogen (secondary N) is 1. The molecule has 0 aromatic carbocycles. The zero-order valence-electron chi connectivity index (χ0n) is 12.7. The number of rotatable bonds is 5. The van der Waals surface area contributed by atoms with E-state index in [1.807, 2.05) is 25.7 Å². The van der Waals surface area contributed by atoms with Crippen LogP contribution in [0.15, 0.2) is 0 Å². The monoisotopic (exact) mass is 254 g/mol. The normalized spacial score (nSPS) is 29.9. The smallest absolute Gasteiger partial charge is 0.239 e. The molecule has 0 aromatic rings. The van der Waals surface area contributed by atoms with Crippen molar-refractivity contribution in [2.45, 2.75) is 66.0 Å². The van der Waals surface area contributed by atoms with Crippen LogP contribution in [0, 0.1) is 11.8 Å². The summed E-state index contributed by atoms with van der Waals surface area (Å²) in [4.78, 5) is 14.1. The largest absolute Gasteiger partial charge is 0.342 e. The van der Waals surface area contributed by atoms with Gasteiger partial charge in [0.1, 0.15) is 0 Å². The molecule has 1 saturated carbocycles. The maximum Gasteiger partial charge on any atom is 0.239 e. The van der Waals surface area contributed by atoms with Crippen molar-refractivity contribution in [2.75, 3.05) is 13.1 Å². The molecule has 0 aromatic heterocycles. The van der Waals surface area contributed by atoms with Crippen molar-refractivity contribution in [3.63, 3.8) is 0 Å². The van der Waals surface area contributed by atoms with Gasteiger partial charge in [0.15, 0.2) is 0 Å². The molecule has 0 aliphatic heterocycles. The average molecular weight is 254 g/mol. The molecule has 0 spiro atoms. The van der Waals surface area contributed by atoms with Gasteiger partial charge >= 0.3 is 0 Å². The molecule has 18 heavy (non-hydrogen) atoms. The van der Waals surface area contributed by atoms with Crippen LogP contribution in [0.5, 0.6) is 0 Å². The minimum Gasteiger partial charge on any atom is -0.342 e. The fourth-order valence-corrected chi connectivity index (χ4v) is 2.93. The van der Waals surface area contributed by atoms with Crippen LogP contribution >= 0.6 is 0 Å². The minimum atomic E-state index is -0.0458. The molecule has 3 heteroatoms. The molecule has 1 rings (SSSR count). The third kappa shape index (κ3) is 3.98. The second-order valence-corrected chi connectivity index (χ2v) is 5.86. The topological polar surface area (TPSA) is 32.3 Å². The maximum absolute atomic E-state index is 12.2. The predicted molar refractivity (Wildman–Crippen MR) is 76.5 cm³/mol. The summed E-state index contributed by atoms with van der Waals surface area (Å²) in [5.41, 5.74) is 0. The highest BCUT2D eigenvalue weighted by Gasteiger charge is 2.27. The number of carbonyl (C=O) groups is 1. The molecule has 0 saturated heterocycles. The molecular weight excluding hydrogens is 224 g/mol. The summed E-state index contributed by atoms with van der Waals surface area (Å²) >= 11 is 0. The molecular formula is C15H30N2O. The Bertz CT molecular complexity index is 263. The van der Waals surface area contributed by atoms with Gasteiger partial charge in [-0.2, -0.15) is 0 Å². The standard InChI is InChI=1S/C15H30N2O/c1-6-17(7-2)15(18)13(5)16-14-9-8-11(3)12(4)10-14/h11-14,16H,6-10H2,1-5H3. The van der Waals surface area contributed by atoms with E-state index in [1.165, 1.54) is 19.3 Å². The first-order chi connectivity index (χ1) is 8.49. The van der Waals surface area contributed by atoms with Gasteiger partial charge < -0.3 is 10.2 Å². The summed E-state index contributed by atoms with van der Waals surface area (Å²) in [6.45, 7) is 12.4. The minimum absolute atomic E-state index is 0.0458. The first-order valence-electron chi connectivity index (χ1n) is 7.54. The third-order valence-electron chi connectivity index (χ3n) is 4.53. The van der Waals surface area contributed by atoms with E-state index in [-0.39, 0.29) is 11.9 Å². The Morgan fingerprint density at radius 1 is 1.22 bits per heavy atom. The van der Waals surface area contributed by atoms with E-state index >= 15 is 0 Å². The van der Waals surface area contributed by atoms with E-state index in [0.29, 0.717) is 6.04 Å². The van der Waals surface area contributed by atoms with Gasteiger partial charge in [-0.1, -0.05) is 13.8 Å². The van der Waals surface area contributed by atoms with E-state index in [4.69, 9.17) is 0 Å². The van der Waals surface area contributed by atoms with Crippen LogP contribution in [0.2, 0.25) is 0 Å². The van der Waals surface area contributed by atoms with Gasteiger partial charge in [-0.25, -0.2) is 0 Å². The number of carbonyl (C=O) groups excluding carboxylic acids is 1. The maximum atomic E-state index is 12.2. The molecule has 106 valence electrons. The fraction of sp³-hybridized carbons (Fsp3) is 0.933. The highest BCUT2D eigenvalue weighted by Crippen LogP contribution is 2.29. The second kappa shape index (κ2) is 7.13. The lowest BCUT2D eigenvalue weighted by atomic mass is 9.79. The lowest BCUT2D eigenvalue weighted by Crippen LogP contribution is -2.49. The van der Waals surface area contributed by atoms with Crippen molar-refractivity contribution in [1.29, 1.82) is 0 Å². The number of hydrogen-bond acceptors (Lipinski definition) is 2. The molecule has 4 unspecified atom stereocenters. The number of nitrogens with zero attached hydrogens (tertiary/aromatic N) is 1. The zero-order chi connectivity index (χ0) is 13.7. The van der Waals surface area contributed by atoms with Crippen LogP contribution in [-0.4, -0.2) is 36.0 Å². The van der Waals surface area contributed by atoms with Gasteiger partial charge in [-0.3, -0.25) is 4.79 Å². The van der Waals surface area contributed by atoms with Crippen LogP contribution in [0.4, 0.5) is 0 Å². The lowest BCUT2D eigenvalue weighted by Gasteiger charge is -2.35. The first kappa shape index (κ1) is 15.5. The van der Waals surface area contributed by atoms with E-state index in [9.17, 15) is 4.79 Å². The number of hydrogen-bond donors (Lipinski definition) is 1. The average Bonchev–Trinajstić information content (AvgIpc) is 2.35. The fourth-order valence-electron chi connectivity index (χ4n) is 2.93. The Labute approximate surface area is 112 Å². The Balaban J connectivity index is 2.44. The molecule has 1 amide bonds. The van der Waals surface area contributed by atoms with Crippen molar-refractivity contribution in [1.82, 2.24) is 10.2 Å². The highest BCUT2D eigenvalue weighted by atomic mass is 16.2. The van der Waals surface area contributed by atoms with Crippen LogP contribution in [0.3, 0.4) is 0 Å². The second-order valence-electron chi connectivity index (χ2n) is 5.86. The number of amides is 1. The van der Waals surface area contributed by atoms with E-state index in [0.717, 1.165) is 24.9 Å². The van der Waals surface area contributed by atoms with Crippen molar-refractivity contribution < 1.29 is 4.79 Å². The molecule has 3 nitrogen and oxygen atoms in total. The summed E-state index contributed by atoms with van der Waals surface area (Å²) in [5.74, 6) is 1.84. The Morgan fingerprint density at radius 2 is 1.83 bits per heavy atom. The van der Waals surface area contributed by atoms with Gasteiger partial charge in [-0.15, -0.1) is 0 Å². The zero-order valence-corrected chi connectivity index (χ0v) is 12.7. The number of likely N-dealkylation sites (N-methyl/N-ethyl adjacent to an activating group) is 1. The SMILES string of the molecule is CCN(CC)C(=O)C(C)NC1CCC(C)C(C)C1. The van der Waals surface area contributed by atoms with Crippen molar-refractivity contribution >= 4 is 5.91 Å².